The lowest BCUT2D eigenvalue weighted by Crippen LogP contribution is -2.20. The molecule has 3 N–H and O–H groups in total. The third-order valence-corrected chi connectivity index (χ3v) is 4.38. The Morgan fingerprint density at radius 2 is 2.00 bits per heavy atom. The molecule has 0 radical (unpaired) electrons. The lowest BCUT2D eigenvalue weighted by Gasteiger charge is -2.14. The van der Waals surface area contributed by atoms with Crippen molar-refractivity contribution in [1.29, 1.82) is 0 Å². The van der Waals surface area contributed by atoms with Crippen molar-refractivity contribution in [2.24, 2.45) is 0 Å². The summed E-state index contributed by atoms with van der Waals surface area (Å²) in [6.07, 6.45) is 2.29. The van der Waals surface area contributed by atoms with Crippen molar-refractivity contribution in [3.8, 4) is 0 Å². The van der Waals surface area contributed by atoms with Crippen LogP contribution in [-0.4, -0.2) is 24.0 Å². The number of hydrogen-bond donors (Lipinski definition) is 3. The highest BCUT2D eigenvalue weighted by Gasteiger charge is 2.12. The molecule has 122 valence electrons. The Hall–Kier alpha value is -1.40. The molecule has 0 spiro atoms. The van der Waals surface area contributed by atoms with Crippen molar-refractivity contribution in [3.05, 3.63) is 52.0 Å². The van der Waals surface area contributed by atoms with Gasteiger partial charge in [0, 0.05) is 32.9 Å². The summed E-state index contributed by atoms with van der Waals surface area (Å²) in [4.78, 5) is 13.2. The quantitative estimate of drug-likeness (QED) is 0.656. The molecule has 2 aromatic carbocycles. The van der Waals surface area contributed by atoms with Crippen molar-refractivity contribution in [2.45, 2.75) is 11.3 Å². The first kappa shape index (κ1) is 17.9. The van der Waals surface area contributed by atoms with Crippen LogP contribution >= 0.6 is 35.0 Å². The first-order chi connectivity index (χ1) is 11.0. The van der Waals surface area contributed by atoms with Crippen LogP contribution in [-0.2, 0) is 6.42 Å². The highest BCUT2D eigenvalue weighted by molar-refractivity contribution is 7.98. The van der Waals surface area contributed by atoms with E-state index in [4.69, 9.17) is 28.3 Å². The second-order valence-electron chi connectivity index (χ2n) is 4.70. The average molecular weight is 371 g/mol. The van der Waals surface area contributed by atoms with Gasteiger partial charge in [-0.15, -0.1) is 11.8 Å². The van der Waals surface area contributed by atoms with Crippen molar-refractivity contribution in [2.75, 3.05) is 23.5 Å². The number of hydrogen-bond acceptors (Lipinski definition) is 3. The minimum Gasteiger partial charge on any atom is -0.396 e. The Kier molecular flexibility index (Phi) is 6.59. The van der Waals surface area contributed by atoms with Gasteiger partial charge in [-0.1, -0.05) is 29.3 Å². The van der Waals surface area contributed by atoms with Crippen molar-refractivity contribution < 1.29 is 9.90 Å². The van der Waals surface area contributed by atoms with Crippen LogP contribution in [0, 0.1) is 0 Å². The first-order valence-corrected chi connectivity index (χ1v) is 8.82. The maximum Gasteiger partial charge on any atom is 0.323 e. The fourth-order valence-corrected chi connectivity index (χ4v) is 3.11. The van der Waals surface area contributed by atoms with Crippen LogP contribution in [0.4, 0.5) is 16.2 Å². The van der Waals surface area contributed by atoms with Gasteiger partial charge in [-0.25, -0.2) is 4.79 Å². The van der Waals surface area contributed by atoms with E-state index in [0.717, 1.165) is 4.90 Å². The Balaban J connectivity index is 2.16. The molecule has 4 nitrogen and oxygen atoms in total. The zero-order chi connectivity index (χ0) is 16.8. The average Bonchev–Trinajstić information content (AvgIpc) is 2.50. The van der Waals surface area contributed by atoms with Gasteiger partial charge in [-0.3, -0.25) is 0 Å². The van der Waals surface area contributed by atoms with Gasteiger partial charge in [0.1, 0.15) is 0 Å². The summed E-state index contributed by atoms with van der Waals surface area (Å²) < 4.78 is 0. The zero-order valence-corrected chi connectivity index (χ0v) is 14.7. The molecule has 2 rings (SSSR count). The number of benzene rings is 2. The van der Waals surface area contributed by atoms with Gasteiger partial charge in [0.25, 0.3) is 0 Å². The number of halogens is 2. The van der Waals surface area contributed by atoms with E-state index in [1.54, 1.807) is 30.0 Å². The van der Waals surface area contributed by atoms with Gasteiger partial charge in [0.05, 0.1) is 0 Å². The fraction of sp³-hybridized carbons (Fsp3) is 0.188. The number of aliphatic hydroxyl groups is 1. The third kappa shape index (κ3) is 5.04. The molecule has 0 saturated heterocycles. The lowest BCUT2D eigenvalue weighted by atomic mass is 10.1. The Labute approximate surface area is 149 Å². The van der Waals surface area contributed by atoms with E-state index >= 15 is 0 Å². The molecular formula is C16H16Cl2N2O2S. The van der Waals surface area contributed by atoms with Crippen LogP contribution in [0.5, 0.6) is 0 Å². The normalized spacial score (nSPS) is 10.4. The molecule has 0 aromatic heterocycles. The number of urea groups is 1. The minimum absolute atomic E-state index is 0.0760. The maximum absolute atomic E-state index is 12.2. The predicted molar refractivity (Wildman–Crippen MR) is 98.1 cm³/mol. The second-order valence-corrected chi connectivity index (χ2v) is 6.42. The summed E-state index contributed by atoms with van der Waals surface area (Å²) in [7, 11) is 0. The van der Waals surface area contributed by atoms with Crippen LogP contribution < -0.4 is 10.6 Å². The van der Waals surface area contributed by atoms with Crippen molar-refractivity contribution in [1.82, 2.24) is 0 Å². The van der Waals surface area contributed by atoms with E-state index in [1.807, 2.05) is 24.5 Å². The molecule has 0 heterocycles. The highest BCUT2D eigenvalue weighted by atomic mass is 35.5. The molecule has 0 atom stereocenters. The van der Waals surface area contributed by atoms with Gasteiger partial charge >= 0.3 is 6.03 Å². The second kappa shape index (κ2) is 8.45. The summed E-state index contributed by atoms with van der Waals surface area (Å²) in [5, 5.41) is 15.5. The van der Waals surface area contributed by atoms with Gasteiger partial charge in [-0.05, 0) is 48.6 Å². The molecule has 2 aromatic rings. The van der Waals surface area contributed by atoms with Crippen LogP contribution in [0.2, 0.25) is 10.0 Å². The monoisotopic (exact) mass is 370 g/mol. The number of carbonyl (C=O) groups is 1. The van der Waals surface area contributed by atoms with Crippen LogP contribution in [0.3, 0.4) is 0 Å². The number of aliphatic hydroxyl groups excluding tert-OH is 1. The molecule has 0 saturated carbocycles. The van der Waals surface area contributed by atoms with E-state index in [2.05, 4.69) is 10.6 Å². The molecule has 23 heavy (non-hydrogen) atoms. The molecule has 0 unspecified atom stereocenters. The summed E-state index contributed by atoms with van der Waals surface area (Å²) in [6.45, 7) is -0.0760. The van der Waals surface area contributed by atoms with Crippen LogP contribution in [0.25, 0.3) is 0 Å². The summed E-state index contributed by atoms with van der Waals surface area (Å²) in [6, 6.07) is 10.3. The molecule has 0 fully saturated rings. The number of thioether (sulfide) groups is 1. The third-order valence-electron chi connectivity index (χ3n) is 3.10. The van der Waals surface area contributed by atoms with Gasteiger partial charge in [0.2, 0.25) is 0 Å². The summed E-state index contributed by atoms with van der Waals surface area (Å²) in [5.41, 5.74) is 1.81. The smallest absolute Gasteiger partial charge is 0.323 e. The molecule has 0 aliphatic heterocycles. The SMILES string of the molecule is CSc1cccc(NC(=O)Nc2cc(Cl)cc(Cl)c2CCO)c1. The minimum atomic E-state index is -0.402. The number of rotatable bonds is 5. The Bertz CT molecular complexity index is 710. The van der Waals surface area contributed by atoms with E-state index in [0.29, 0.717) is 33.4 Å². The molecule has 2 amide bonds. The van der Waals surface area contributed by atoms with Gasteiger partial charge in [-0.2, -0.15) is 0 Å². The number of nitrogens with one attached hydrogen (secondary N) is 2. The topological polar surface area (TPSA) is 61.4 Å². The predicted octanol–water partition coefficient (Wildman–Crippen LogP) is 4.89. The lowest BCUT2D eigenvalue weighted by molar-refractivity contribution is 0.262. The van der Waals surface area contributed by atoms with Crippen molar-refractivity contribution >= 4 is 52.4 Å². The van der Waals surface area contributed by atoms with E-state index in [1.165, 1.54) is 0 Å². The number of amides is 2. The first-order valence-electron chi connectivity index (χ1n) is 6.84. The van der Waals surface area contributed by atoms with Crippen LogP contribution in [0.15, 0.2) is 41.3 Å². The maximum atomic E-state index is 12.2. The molecule has 0 aliphatic carbocycles. The van der Waals surface area contributed by atoms with Gasteiger partial charge < -0.3 is 15.7 Å². The van der Waals surface area contributed by atoms with Crippen LogP contribution in [0.1, 0.15) is 5.56 Å². The number of anilines is 2. The summed E-state index contributed by atoms with van der Waals surface area (Å²) in [5.74, 6) is 0. The molecule has 0 bridgehead atoms. The standard InChI is InChI=1S/C16H16Cl2N2O2S/c1-23-12-4-2-3-11(9-12)19-16(22)20-15-8-10(17)7-14(18)13(15)5-6-21/h2-4,7-9,21H,5-6H2,1H3,(H2,19,20,22). The molecule has 0 aliphatic rings. The Morgan fingerprint density at radius 3 is 2.70 bits per heavy atom. The summed E-state index contributed by atoms with van der Waals surface area (Å²) >= 11 is 13.7. The van der Waals surface area contributed by atoms with Crippen molar-refractivity contribution in [3.63, 3.8) is 0 Å². The molecule has 7 heteroatoms. The highest BCUT2D eigenvalue weighted by Crippen LogP contribution is 2.30. The number of carbonyl (C=O) groups excluding carboxylic acids is 1. The largest absolute Gasteiger partial charge is 0.396 e. The van der Waals surface area contributed by atoms with Gasteiger partial charge in [0.15, 0.2) is 0 Å². The fourth-order valence-electron chi connectivity index (χ4n) is 2.07. The van der Waals surface area contributed by atoms with E-state index in [9.17, 15) is 4.79 Å². The van der Waals surface area contributed by atoms with E-state index in [-0.39, 0.29) is 6.61 Å². The molecular weight excluding hydrogens is 355 g/mol. The Morgan fingerprint density at radius 1 is 1.22 bits per heavy atom. The van der Waals surface area contributed by atoms with E-state index < -0.39 is 6.03 Å². The zero-order valence-electron chi connectivity index (χ0n) is 12.4.